The zero-order valence-electron chi connectivity index (χ0n) is 18.2. The van der Waals surface area contributed by atoms with Crippen LogP contribution in [0, 0.1) is 18.8 Å². The summed E-state index contributed by atoms with van der Waals surface area (Å²) in [6, 6.07) is 3.62. The summed E-state index contributed by atoms with van der Waals surface area (Å²) in [6.45, 7) is 7.27. The molecule has 2 heterocycles. The van der Waals surface area contributed by atoms with Crippen LogP contribution in [0.1, 0.15) is 44.4 Å². The first kappa shape index (κ1) is 23.1. The maximum atomic E-state index is 11.7. The molecule has 0 spiro atoms. The summed E-state index contributed by atoms with van der Waals surface area (Å²) in [4.78, 5) is 24.9. The maximum Gasteiger partial charge on any atom is 0.236 e. The van der Waals surface area contributed by atoms with Crippen molar-refractivity contribution in [2.45, 2.75) is 46.1 Å². The lowest BCUT2D eigenvalue weighted by molar-refractivity contribution is -0.122. The molecule has 2 rings (SSSR count). The quantitative estimate of drug-likeness (QED) is 0.353. The minimum absolute atomic E-state index is 0.00242. The highest BCUT2D eigenvalue weighted by Gasteiger charge is 2.08. The standard InChI is InChI=1S/C22H31N7O/c1-5-11-25-20-18(9-7-6-8-12-26-21(30)17(3)23-4)15-27-22(29-20)28-19-10-13-24-16(2)14-19/h10,13-15,17,23H,5-6,8,11-12H2,1-4H3,(H,26,30)(H2,24,25,27,28,29)/t17-/m0/s1. The SMILES string of the molecule is CCCNc1nc(Nc2ccnc(C)c2)ncc1C#CCCCNC(=O)[C@H](C)NC. The number of likely N-dealkylation sites (N-methyl/N-ethyl adjacent to an activating group) is 1. The lowest BCUT2D eigenvalue weighted by Crippen LogP contribution is -2.40. The second-order valence-corrected chi connectivity index (χ2v) is 6.90. The molecule has 8 nitrogen and oxygen atoms in total. The Bertz CT molecular complexity index is 889. The molecule has 0 radical (unpaired) electrons. The van der Waals surface area contributed by atoms with Crippen molar-refractivity contribution in [2.75, 3.05) is 30.8 Å². The van der Waals surface area contributed by atoms with E-state index in [0.717, 1.165) is 36.3 Å². The van der Waals surface area contributed by atoms with Crippen molar-refractivity contribution in [1.82, 2.24) is 25.6 Å². The Hall–Kier alpha value is -3.18. The van der Waals surface area contributed by atoms with Crippen LogP contribution in [0.2, 0.25) is 0 Å². The zero-order chi connectivity index (χ0) is 21.8. The van der Waals surface area contributed by atoms with E-state index in [1.807, 2.05) is 26.0 Å². The summed E-state index contributed by atoms with van der Waals surface area (Å²) in [7, 11) is 1.76. The summed E-state index contributed by atoms with van der Waals surface area (Å²) >= 11 is 0. The van der Waals surface area contributed by atoms with Gasteiger partial charge in [0.1, 0.15) is 5.82 Å². The molecule has 0 aliphatic rings. The number of carbonyl (C=O) groups excluding carboxylic acids is 1. The van der Waals surface area contributed by atoms with Gasteiger partial charge < -0.3 is 21.3 Å². The third kappa shape index (κ3) is 7.68. The predicted octanol–water partition coefficient (Wildman–Crippen LogP) is 2.60. The molecule has 0 fully saturated rings. The Morgan fingerprint density at radius 2 is 2.10 bits per heavy atom. The number of anilines is 3. The van der Waals surface area contributed by atoms with Gasteiger partial charge in [-0.1, -0.05) is 18.8 Å². The van der Waals surface area contributed by atoms with Gasteiger partial charge in [-0.2, -0.15) is 4.98 Å². The molecule has 4 N–H and O–H groups in total. The first-order valence-electron chi connectivity index (χ1n) is 10.3. The fraction of sp³-hybridized carbons (Fsp3) is 0.455. The Morgan fingerprint density at radius 1 is 1.27 bits per heavy atom. The molecule has 8 heteroatoms. The predicted molar refractivity (Wildman–Crippen MR) is 121 cm³/mol. The first-order valence-corrected chi connectivity index (χ1v) is 10.3. The Morgan fingerprint density at radius 3 is 2.83 bits per heavy atom. The number of rotatable bonds is 10. The molecule has 30 heavy (non-hydrogen) atoms. The summed E-state index contributed by atoms with van der Waals surface area (Å²) in [5.41, 5.74) is 2.56. The van der Waals surface area contributed by atoms with Crippen LogP contribution in [0.15, 0.2) is 24.5 Å². The molecular weight excluding hydrogens is 378 g/mol. The highest BCUT2D eigenvalue weighted by Crippen LogP contribution is 2.17. The van der Waals surface area contributed by atoms with Crippen LogP contribution in [0.3, 0.4) is 0 Å². The van der Waals surface area contributed by atoms with E-state index < -0.39 is 0 Å². The number of amides is 1. The van der Waals surface area contributed by atoms with Gasteiger partial charge in [-0.3, -0.25) is 9.78 Å². The Kier molecular flexibility index (Phi) is 9.55. The lowest BCUT2D eigenvalue weighted by Gasteiger charge is -2.10. The minimum atomic E-state index is -0.191. The van der Waals surface area contributed by atoms with Gasteiger partial charge in [-0.25, -0.2) is 4.98 Å². The van der Waals surface area contributed by atoms with E-state index in [4.69, 9.17) is 0 Å². The number of aryl methyl sites for hydroxylation is 1. The topological polar surface area (TPSA) is 104 Å². The van der Waals surface area contributed by atoms with Crippen molar-refractivity contribution in [2.24, 2.45) is 0 Å². The van der Waals surface area contributed by atoms with Gasteiger partial charge >= 0.3 is 0 Å². The smallest absolute Gasteiger partial charge is 0.236 e. The van der Waals surface area contributed by atoms with Crippen LogP contribution in [0.4, 0.5) is 17.5 Å². The second kappa shape index (κ2) is 12.4. The van der Waals surface area contributed by atoms with E-state index in [0.29, 0.717) is 24.7 Å². The lowest BCUT2D eigenvalue weighted by atomic mass is 10.2. The molecule has 0 aromatic carbocycles. The van der Waals surface area contributed by atoms with Crippen molar-refractivity contribution in [3.05, 3.63) is 35.8 Å². The summed E-state index contributed by atoms with van der Waals surface area (Å²) in [5.74, 6) is 7.51. The minimum Gasteiger partial charge on any atom is -0.369 e. The van der Waals surface area contributed by atoms with Crippen LogP contribution in [-0.4, -0.2) is 47.0 Å². The largest absolute Gasteiger partial charge is 0.369 e. The van der Waals surface area contributed by atoms with Crippen LogP contribution in [0.25, 0.3) is 0 Å². The van der Waals surface area contributed by atoms with Gasteiger partial charge in [0.25, 0.3) is 0 Å². The van der Waals surface area contributed by atoms with E-state index in [1.54, 1.807) is 19.4 Å². The fourth-order valence-corrected chi connectivity index (χ4v) is 2.49. The van der Waals surface area contributed by atoms with E-state index >= 15 is 0 Å². The molecule has 0 saturated heterocycles. The summed E-state index contributed by atoms with van der Waals surface area (Å²) < 4.78 is 0. The highest BCUT2D eigenvalue weighted by molar-refractivity contribution is 5.81. The number of aromatic nitrogens is 3. The molecule has 2 aromatic rings. The molecule has 0 saturated carbocycles. The Balaban J connectivity index is 1.98. The number of carbonyl (C=O) groups is 1. The summed E-state index contributed by atoms with van der Waals surface area (Å²) in [6.07, 6.45) is 5.92. The summed E-state index contributed by atoms with van der Waals surface area (Å²) in [5, 5.41) is 12.3. The van der Waals surface area contributed by atoms with Crippen LogP contribution >= 0.6 is 0 Å². The number of nitrogens with zero attached hydrogens (tertiary/aromatic N) is 3. The molecule has 0 unspecified atom stereocenters. The Labute approximate surface area is 178 Å². The van der Waals surface area contributed by atoms with E-state index in [2.05, 4.69) is 55.0 Å². The monoisotopic (exact) mass is 409 g/mol. The maximum absolute atomic E-state index is 11.7. The van der Waals surface area contributed by atoms with Gasteiger partial charge in [0, 0.05) is 37.1 Å². The number of hydrogen-bond acceptors (Lipinski definition) is 7. The number of pyridine rings is 1. The van der Waals surface area contributed by atoms with E-state index in [9.17, 15) is 4.79 Å². The second-order valence-electron chi connectivity index (χ2n) is 6.90. The normalized spacial score (nSPS) is 11.2. The van der Waals surface area contributed by atoms with Gasteiger partial charge in [0.05, 0.1) is 17.8 Å². The number of nitrogens with one attached hydrogen (secondary N) is 4. The van der Waals surface area contributed by atoms with Crippen molar-refractivity contribution in [3.63, 3.8) is 0 Å². The fourth-order valence-electron chi connectivity index (χ4n) is 2.49. The third-order valence-corrected chi connectivity index (χ3v) is 4.31. The highest BCUT2D eigenvalue weighted by atomic mass is 16.2. The molecule has 0 aliphatic carbocycles. The molecule has 1 atom stereocenters. The average molecular weight is 410 g/mol. The molecule has 1 amide bonds. The van der Waals surface area contributed by atoms with Gasteiger partial charge in [0.15, 0.2) is 0 Å². The van der Waals surface area contributed by atoms with Crippen molar-refractivity contribution >= 4 is 23.4 Å². The van der Waals surface area contributed by atoms with Crippen LogP contribution < -0.4 is 21.3 Å². The van der Waals surface area contributed by atoms with E-state index in [1.165, 1.54) is 0 Å². The molecule has 2 aromatic heterocycles. The molecule has 160 valence electrons. The molecule has 0 bridgehead atoms. The van der Waals surface area contributed by atoms with Crippen molar-refractivity contribution in [1.29, 1.82) is 0 Å². The van der Waals surface area contributed by atoms with Crippen LogP contribution in [0.5, 0.6) is 0 Å². The van der Waals surface area contributed by atoms with Crippen molar-refractivity contribution in [3.8, 4) is 11.8 Å². The first-order chi connectivity index (χ1) is 14.5. The van der Waals surface area contributed by atoms with Crippen molar-refractivity contribution < 1.29 is 4.79 Å². The van der Waals surface area contributed by atoms with Gasteiger partial charge in [-0.15, -0.1) is 0 Å². The number of unbranched alkanes of at least 4 members (excludes halogenated alkanes) is 1. The van der Waals surface area contributed by atoms with Gasteiger partial charge in [-0.05, 0) is 45.9 Å². The molecule has 0 aliphatic heterocycles. The third-order valence-electron chi connectivity index (χ3n) is 4.31. The molecular formula is C22H31N7O. The average Bonchev–Trinajstić information content (AvgIpc) is 2.74. The number of hydrogen-bond donors (Lipinski definition) is 4. The van der Waals surface area contributed by atoms with E-state index in [-0.39, 0.29) is 11.9 Å². The zero-order valence-corrected chi connectivity index (χ0v) is 18.2. The van der Waals surface area contributed by atoms with Crippen LogP contribution in [-0.2, 0) is 4.79 Å². The van der Waals surface area contributed by atoms with Gasteiger partial charge in [0.2, 0.25) is 11.9 Å².